The minimum Gasteiger partial charge on any atom is -0.481 e. The molecule has 0 spiro atoms. The summed E-state index contributed by atoms with van der Waals surface area (Å²) in [6.07, 6.45) is 1.45. The van der Waals surface area contributed by atoms with Gasteiger partial charge in [-0.25, -0.2) is 0 Å². The number of hydrogen-bond acceptors (Lipinski definition) is 4. The molecular formula is C20H17ClN2O4S. The van der Waals surface area contributed by atoms with Crippen molar-refractivity contribution in [3.05, 3.63) is 79.9 Å². The van der Waals surface area contributed by atoms with E-state index in [1.165, 1.54) is 6.20 Å². The van der Waals surface area contributed by atoms with Gasteiger partial charge in [-0.1, -0.05) is 59.3 Å². The van der Waals surface area contributed by atoms with Crippen LogP contribution in [0.25, 0.3) is 11.1 Å². The number of amides is 1. The van der Waals surface area contributed by atoms with E-state index in [9.17, 15) is 14.4 Å². The Morgan fingerprint density at radius 2 is 1.89 bits per heavy atom. The van der Waals surface area contributed by atoms with Crippen LogP contribution in [0.3, 0.4) is 0 Å². The standard InChI is InChI=1S/C20H17ClN2O4S/c21-15-3-1-2-14(9-15)13-6-4-12(5-7-13)8-16(10-18(24)25)23-19(26)17-11-22-20(27)28-17/h1-7,9,11,16H,8,10H2,(H,22,27)(H,23,26)(H,24,25). The van der Waals surface area contributed by atoms with Crippen LogP contribution in [0.4, 0.5) is 0 Å². The summed E-state index contributed by atoms with van der Waals surface area (Å²) in [4.78, 5) is 36.9. The van der Waals surface area contributed by atoms with Crippen molar-refractivity contribution in [1.82, 2.24) is 10.3 Å². The molecule has 1 heterocycles. The van der Waals surface area contributed by atoms with Crippen molar-refractivity contribution in [3.8, 4) is 11.1 Å². The zero-order valence-electron chi connectivity index (χ0n) is 14.6. The first kappa shape index (κ1) is 19.9. The molecule has 3 N–H and O–H groups in total. The van der Waals surface area contributed by atoms with Gasteiger partial charge in [0, 0.05) is 17.3 Å². The molecule has 0 saturated heterocycles. The predicted molar refractivity (Wildman–Crippen MR) is 109 cm³/mol. The lowest BCUT2D eigenvalue weighted by Gasteiger charge is -2.17. The minimum absolute atomic E-state index is 0.219. The molecule has 2 aromatic carbocycles. The van der Waals surface area contributed by atoms with E-state index in [4.69, 9.17) is 16.7 Å². The molecule has 0 aliphatic heterocycles. The Bertz CT molecular complexity index is 1040. The van der Waals surface area contributed by atoms with Crippen LogP contribution in [-0.2, 0) is 11.2 Å². The van der Waals surface area contributed by atoms with Gasteiger partial charge in [0.25, 0.3) is 5.91 Å². The molecule has 0 aliphatic rings. The van der Waals surface area contributed by atoms with Crippen LogP contribution in [0.2, 0.25) is 5.02 Å². The molecule has 6 nitrogen and oxygen atoms in total. The van der Waals surface area contributed by atoms with Gasteiger partial charge in [-0.2, -0.15) is 0 Å². The highest BCUT2D eigenvalue weighted by molar-refractivity contribution is 7.11. The maximum absolute atomic E-state index is 12.2. The lowest BCUT2D eigenvalue weighted by Crippen LogP contribution is -2.37. The van der Waals surface area contributed by atoms with Crippen LogP contribution in [0, 0.1) is 0 Å². The number of H-pyrrole nitrogens is 1. The van der Waals surface area contributed by atoms with Crippen molar-refractivity contribution >= 4 is 34.8 Å². The zero-order valence-corrected chi connectivity index (χ0v) is 16.2. The number of hydrogen-bond donors (Lipinski definition) is 3. The Morgan fingerprint density at radius 1 is 1.14 bits per heavy atom. The summed E-state index contributed by atoms with van der Waals surface area (Å²) in [6, 6.07) is 14.6. The second-order valence-electron chi connectivity index (χ2n) is 6.22. The quantitative estimate of drug-likeness (QED) is 0.548. The van der Waals surface area contributed by atoms with Gasteiger partial charge >= 0.3 is 10.8 Å². The molecule has 0 fully saturated rings. The highest BCUT2D eigenvalue weighted by Gasteiger charge is 2.19. The summed E-state index contributed by atoms with van der Waals surface area (Å²) in [5, 5.41) is 12.5. The normalized spacial score (nSPS) is 11.8. The molecule has 8 heteroatoms. The summed E-state index contributed by atoms with van der Waals surface area (Å²) in [5.74, 6) is -1.48. The summed E-state index contributed by atoms with van der Waals surface area (Å²) >= 11 is 6.81. The van der Waals surface area contributed by atoms with Crippen molar-refractivity contribution in [2.24, 2.45) is 0 Å². The number of rotatable bonds is 7. The maximum Gasteiger partial charge on any atom is 0.305 e. The van der Waals surface area contributed by atoms with Crippen LogP contribution in [0.15, 0.2) is 59.5 Å². The Hall–Kier alpha value is -2.90. The Labute approximate surface area is 169 Å². The van der Waals surface area contributed by atoms with E-state index in [0.717, 1.165) is 28.0 Å². The van der Waals surface area contributed by atoms with E-state index in [1.54, 1.807) is 6.07 Å². The average molecular weight is 417 g/mol. The summed E-state index contributed by atoms with van der Waals surface area (Å²) in [6.45, 7) is 0. The van der Waals surface area contributed by atoms with Gasteiger partial charge in [-0.3, -0.25) is 14.4 Å². The highest BCUT2D eigenvalue weighted by atomic mass is 35.5. The molecule has 0 saturated carbocycles. The number of benzene rings is 2. The molecule has 0 bridgehead atoms. The van der Waals surface area contributed by atoms with Gasteiger partial charge in [0.05, 0.1) is 6.42 Å². The topological polar surface area (TPSA) is 99.3 Å². The lowest BCUT2D eigenvalue weighted by molar-refractivity contribution is -0.137. The van der Waals surface area contributed by atoms with Gasteiger partial charge in [0.2, 0.25) is 0 Å². The van der Waals surface area contributed by atoms with Crippen molar-refractivity contribution in [3.63, 3.8) is 0 Å². The fourth-order valence-electron chi connectivity index (χ4n) is 2.82. The summed E-state index contributed by atoms with van der Waals surface area (Å²) in [7, 11) is 0. The molecule has 28 heavy (non-hydrogen) atoms. The van der Waals surface area contributed by atoms with E-state index < -0.39 is 17.9 Å². The van der Waals surface area contributed by atoms with E-state index in [-0.39, 0.29) is 16.2 Å². The number of carboxylic acids is 1. The van der Waals surface area contributed by atoms with E-state index in [1.807, 2.05) is 42.5 Å². The van der Waals surface area contributed by atoms with Gasteiger partial charge in [0.1, 0.15) is 4.88 Å². The number of aromatic nitrogens is 1. The number of carbonyl (C=O) groups excluding carboxylic acids is 1. The first-order valence-electron chi connectivity index (χ1n) is 8.47. The first-order valence-corrected chi connectivity index (χ1v) is 9.66. The predicted octanol–water partition coefficient (Wildman–Crippen LogP) is 3.57. The molecule has 1 amide bonds. The third kappa shape index (κ3) is 5.31. The van der Waals surface area contributed by atoms with Crippen LogP contribution in [0.1, 0.15) is 21.7 Å². The number of carbonyl (C=O) groups is 2. The Balaban J connectivity index is 1.72. The SMILES string of the molecule is O=C(O)CC(Cc1ccc(-c2cccc(Cl)c2)cc1)NC(=O)c1c[nH]c(=O)s1. The smallest absolute Gasteiger partial charge is 0.305 e. The number of thiazole rings is 1. The van der Waals surface area contributed by atoms with Gasteiger partial charge in [0.15, 0.2) is 0 Å². The first-order chi connectivity index (χ1) is 13.4. The molecule has 144 valence electrons. The van der Waals surface area contributed by atoms with Gasteiger partial charge < -0.3 is 15.4 Å². The summed E-state index contributed by atoms with van der Waals surface area (Å²) < 4.78 is 0. The lowest BCUT2D eigenvalue weighted by atomic mass is 9.99. The fraction of sp³-hybridized carbons (Fsp3) is 0.150. The van der Waals surface area contributed by atoms with Crippen LogP contribution >= 0.6 is 22.9 Å². The van der Waals surface area contributed by atoms with Gasteiger partial charge in [-0.15, -0.1) is 0 Å². The number of carboxylic acid groups (broad SMARTS) is 1. The molecule has 3 aromatic rings. The van der Waals surface area contributed by atoms with Crippen molar-refractivity contribution in [1.29, 1.82) is 0 Å². The second kappa shape index (κ2) is 8.86. The van der Waals surface area contributed by atoms with Crippen molar-refractivity contribution in [2.75, 3.05) is 0 Å². The number of aromatic amines is 1. The monoisotopic (exact) mass is 416 g/mol. The molecule has 1 unspecified atom stereocenters. The van der Waals surface area contributed by atoms with Gasteiger partial charge in [-0.05, 0) is 35.2 Å². The third-order valence-corrected chi connectivity index (χ3v) is 5.16. The van der Waals surface area contributed by atoms with Crippen LogP contribution in [0.5, 0.6) is 0 Å². The molecule has 3 rings (SSSR count). The second-order valence-corrected chi connectivity index (χ2v) is 7.67. The zero-order chi connectivity index (χ0) is 20.1. The average Bonchev–Trinajstić information content (AvgIpc) is 3.08. The molecule has 1 aromatic heterocycles. The molecule has 0 aliphatic carbocycles. The van der Waals surface area contributed by atoms with E-state index in [0.29, 0.717) is 11.4 Å². The number of nitrogens with one attached hydrogen (secondary N) is 2. The van der Waals surface area contributed by atoms with Crippen LogP contribution < -0.4 is 10.2 Å². The van der Waals surface area contributed by atoms with Crippen molar-refractivity contribution in [2.45, 2.75) is 18.9 Å². The van der Waals surface area contributed by atoms with E-state index >= 15 is 0 Å². The highest BCUT2D eigenvalue weighted by Crippen LogP contribution is 2.23. The molecule has 1 atom stereocenters. The molecular weight excluding hydrogens is 400 g/mol. The summed E-state index contributed by atoms with van der Waals surface area (Å²) in [5.41, 5.74) is 2.86. The largest absolute Gasteiger partial charge is 0.481 e. The Kier molecular flexibility index (Phi) is 6.28. The van der Waals surface area contributed by atoms with Crippen LogP contribution in [-0.4, -0.2) is 28.0 Å². The minimum atomic E-state index is -1.01. The number of aliphatic carboxylic acids is 1. The number of halogens is 1. The van der Waals surface area contributed by atoms with E-state index in [2.05, 4.69) is 10.3 Å². The van der Waals surface area contributed by atoms with Crippen molar-refractivity contribution < 1.29 is 14.7 Å². The fourth-order valence-corrected chi connectivity index (χ4v) is 3.60. The maximum atomic E-state index is 12.2. The third-order valence-electron chi connectivity index (χ3n) is 4.10. The molecule has 0 radical (unpaired) electrons. The Morgan fingerprint density at radius 3 is 2.50 bits per heavy atom.